The minimum Gasteiger partial charge on any atom is -0.300 e. The van der Waals surface area contributed by atoms with Gasteiger partial charge in [-0.3, -0.25) is 0 Å². The number of aryl methyl sites for hydroxylation is 2. The maximum absolute atomic E-state index is 10.9. The fraction of sp³-hybridized carbons (Fsp3) is 0.286. The highest BCUT2D eigenvalue weighted by atomic mass is 32.1. The van der Waals surface area contributed by atoms with Gasteiger partial charge in [-0.1, -0.05) is 29.8 Å². The van der Waals surface area contributed by atoms with Crippen molar-refractivity contribution in [2.75, 3.05) is 0 Å². The quantitative estimate of drug-likeness (QED) is 0.823. The average Bonchev–Trinajstić information content (AvgIpc) is 2.76. The van der Waals surface area contributed by atoms with E-state index in [0.717, 1.165) is 22.7 Å². The Balaban J connectivity index is 2.12. The molecule has 0 atom stereocenters. The van der Waals surface area contributed by atoms with Crippen molar-refractivity contribution in [3.63, 3.8) is 0 Å². The topological polar surface area (TPSA) is 30.0 Å². The summed E-state index contributed by atoms with van der Waals surface area (Å²) in [6, 6.07) is 8.35. The Morgan fingerprint density at radius 3 is 2.65 bits per heavy atom. The van der Waals surface area contributed by atoms with Crippen LogP contribution in [-0.4, -0.2) is 10.8 Å². The third kappa shape index (κ3) is 3.24. The van der Waals surface area contributed by atoms with Crippen LogP contribution in [0.3, 0.4) is 0 Å². The molecular formula is C14H15NOS. The van der Waals surface area contributed by atoms with Gasteiger partial charge in [0.2, 0.25) is 0 Å². The van der Waals surface area contributed by atoms with E-state index in [1.807, 2.05) is 5.38 Å². The van der Waals surface area contributed by atoms with Gasteiger partial charge in [0.25, 0.3) is 0 Å². The van der Waals surface area contributed by atoms with Crippen LogP contribution < -0.4 is 0 Å². The van der Waals surface area contributed by atoms with Crippen molar-refractivity contribution in [2.24, 2.45) is 0 Å². The second kappa shape index (κ2) is 5.23. The van der Waals surface area contributed by atoms with E-state index in [0.29, 0.717) is 6.42 Å². The number of nitrogens with zero attached hydrogens (tertiary/aromatic N) is 1. The largest absolute Gasteiger partial charge is 0.300 e. The Hall–Kier alpha value is -1.48. The van der Waals surface area contributed by atoms with Crippen molar-refractivity contribution in [2.45, 2.75) is 26.7 Å². The molecule has 1 aromatic carbocycles. The lowest BCUT2D eigenvalue weighted by Crippen LogP contribution is -1.94. The highest BCUT2D eigenvalue weighted by Crippen LogP contribution is 2.24. The first kappa shape index (κ1) is 12.0. The second-order valence-electron chi connectivity index (χ2n) is 4.21. The Morgan fingerprint density at radius 2 is 2.00 bits per heavy atom. The van der Waals surface area contributed by atoms with E-state index in [2.05, 4.69) is 36.2 Å². The highest BCUT2D eigenvalue weighted by Gasteiger charge is 2.05. The van der Waals surface area contributed by atoms with Gasteiger partial charge < -0.3 is 4.79 Å². The zero-order valence-corrected chi connectivity index (χ0v) is 10.9. The molecule has 0 spiro atoms. The number of hydrogen-bond acceptors (Lipinski definition) is 3. The lowest BCUT2D eigenvalue weighted by atomic mass is 10.1. The first-order chi connectivity index (χ1) is 8.15. The number of hydrogen-bond donors (Lipinski definition) is 0. The van der Waals surface area contributed by atoms with Gasteiger partial charge >= 0.3 is 0 Å². The Morgan fingerprint density at radius 1 is 1.29 bits per heavy atom. The van der Waals surface area contributed by atoms with Crippen molar-refractivity contribution in [1.29, 1.82) is 0 Å². The average molecular weight is 245 g/mol. The van der Waals surface area contributed by atoms with E-state index in [1.165, 1.54) is 5.56 Å². The Bertz CT molecular complexity index is 513. The molecule has 0 bridgehead atoms. The predicted octanol–water partition coefficient (Wildman–Crippen LogP) is 3.64. The van der Waals surface area contributed by atoms with E-state index in [9.17, 15) is 4.79 Å². The molecule has 0 unspecified atom stereocenters. The summed E-state index contributed by atoms with van der Waals surface area (Å²) >= 11 is 1.64. The van der Waals surface area contributed by atoms with Crippen LogP contribution in [0.4, 0.5) is 0 Å². The minimum absolute atomic E-state index is 0.217. The Labute approximate surface area is 105 Å². The van der Waals surface area contributed by atoms with Crippen LogP contribution in [0.15, 0.2) is 29.6 Å². The molecular weight excluding hydrogens is 230 g/mol. The lowest BCUT2D eigenvalue weighted by Gasteiger charge is -1.97. The van der Waals surface area contributed by atoms with E-state index in [-0.39, 0.29) is 5.78 Å². The first-order valence-corrected chi connectivity index (χ1v) is 6.54. The molecule has 17 heavy (non-hydrogen) atoms. The van der Waals surface area contributed by atoms with Crippen molar-refractivity contribution in [1.82, 2.24) is 4.98 Å². The number of Topliss-reactive ketones (excluding diaryl/α,β-unsaturated/α-hetero) is 1. The second-order valence-corrected chi connectivity index (χ2v) is 5.07. The van der Waals surface area contributed by atoms with Crippen molar-refractivity contribution < 1.29 is 4.79 Å². The third-order valence-corrected chi connectivity index (χ3v) is 3.52. The minimum atomic E-state index is 0.217. The predicted molar refractivity (Wildman–Crippen MR) is 71.3 cm³/mol. The molecule has 0 radical (unpaired) electrons. The normalized spacial score (nSPS) is 10.5. The van der Waals surface area contributed by atoms with E-state index in [4.69, 9.17) is 0 Å². The summed E-state index contributed by atoms with van der Waals surface area (Å²) in [4.78, 5) is 15.5. The van der Waals surface area contributed by atoms with E-state index >= 15 is 0 Å². The van der Waals surface area contributed by atoms with Crippen molar-refractivity contribution >= 4 is 17.1 Å². The molecule has 0 aliphatic heterocycles. The number of aromatic nitrogens is 1. The molecule has 2 nitrogen and oxygen atoms in total. The van der Waals surface area contributed by atoms with Crippen molar-refractivity contribution in [3.05, 3.63) is 40.9 Å². The first-order valence-electron chi connectivity index (χ1n) is 5.66. The van der Waals surface area contributed by atoms with E-state index in [1.54, 1.807) is 18.3 Å². The number of benzene rings is 1. The standard InChI is InChI=1S/C14H15NOS/c1-10-3-6-12(7-4-10)14-15-13(9-17-14)8-5-11(2)16/h3-4,6-7,9H,5,8H2,1-2H3. The van der Waals surface area contributed by atoms with Crippen LogP contribution in [-0.2, 0) is 11.2 Å². The number of carbonyl (C=O) groups is 1. The summed E-state index contributed by atoms with van der Waals surface area (Å²) in [6.45, 7) is 3.69. The molecule has 0 saturated carbocycles. The van der Waals surface area contributed by atoms with Crippen LogP contribution in [0.2, 0.25) is 0 Å². The SMILES string of the molecule is CC(=O)CCc1csc(-c2ccc(C)cc2)n1. The molecule has 2 aromatic rings. The van der Waals surface area contributed by atoms with Gasteiger partial charge in [-0.2, -0.15) is 0 Å². The zero-order chi connectivity index (χ0) is 12.3. The molecule has 0 fully saturated rings. The maximum atomic E-state index is 10.9. The fourth-order valence-electron chi connectivity index (χ4n) is 1.55. The zero-order valence-electron chi connectivity index (χ0n) is 10.1. The van der Waals surface area contributed by atoms with Gasteiger partial charge in [0.1, 0.15) is 10.8 Å². The van der Waals surface area contributed by atoms with Gasteiger partial charge in [-0.05, 0) is 20.3 Å². The smallest absolute Gasteiger partial charge is 0.130 e. The van der Waals surface area contributed by atoms with Crippen LogP contribution >= 0.6 is 11.3 Å². The monoisotopic (exact) mass is 245 g/mol. The highest BCUT2D eigenvalue weighted by molar-refractivity contribution is 7.13. The van der Waals surface area contributed by atoms with Gasteiger partial charge in [-0.25, -0.2) is 4.98 Å². The van der Waals surface area contributed by atoms with E-state index < -0.39 is 0 Å². The van der Waals surface area contributed by atoms with Gasteiger partial charge in [0, 0.05) is 17.4 Å². The summed E-state index contributed by atoms with van der Waals surface area (Å²) < 4.78 is 0. The van der Waals surface area contributed by atoms with Crippen LogP contribution in [0.1, 0.15) is 24.6 Å². The van der Waals surface area contributed by atoms with Gasteiger partial charge in [-0.15, -0.1) is 11.3 Å². The lowest BCUT2D eigenvalue weighted by molar-refractivity contribution is -0.116. The maximum Gasteiger partial charge on any atom is 0.130 e. The number of carbonyl (C=O) groups excluding carboxylic acids is 1. The molecule has 0 N–H and O–H groups in total. The molecule has 3 heteroatoms. The van der Waals surface area contributed by atoms with Gasteiger partial charge in [0.15, 0.2) is 0 Å². The molecule has 0 amide bonds. The summed E-state index contributed by atoms with van der Waals surface area (Å²) in [5.74, 6) is 0.217. The summed E-state index contributed by atoms with van der Waals surface area (Å²) in [5.41, 5.74) is 3.41. The summed E-state index contributed by atoms with van der Waals surface area (Å²) in [6.07, 6.45) is 1.33. The summed E-state index contributed by atoms with van der Waals surface area (Å²) in [5, 5.41) is 3.07. The van der Waals surface area contributed by atoms with Crippen LogP contribution in [0.25, 0.3) is 10.6 Å². The molecule has 0 aliphatic carbocycles. The number of thiazole rings is 1. The molecule has 0 aliphatic rings. The molecule has 0 saturated heterocycles. The summed E-state index contributed by atoms with van der Waals surface area (Å²) in [7, 11) is 0. The fourth-order valence-corrected chi connectivity index (χ4v) is 2.41. The van der Waals surface area contributed by atoms with Crippen LogP contribution in [0.5, 0.6) is 0 Å². The molecule has 1 heterocycles. The van der Waals surface area contributed by atoms with Gasteiger partial charge in [0.05, 0.1) is 5.69 Å². The third-order valence-electron chi connectivity index (χ3n) is 2.58. The number of ketones is 1. The number of rotatable bonds is 4. The van der Waals surface area contributed by atoms with Crippen LogP contribution in [0, 0.1) is 6.92 Å². The molecule has 88 valence electrons. The van der Waals surface area contributed by atoms with Crippen molar-refractivity contribution in [3.8, 4) is 10.6 Å². The molecule has 2 rings (SSSR count). The Kier molecular flexibility index (Phi) is 3.69. The molecule has 1 aromatic heterocycles.